The maximum Gasteiger partial charge on any atom is 0.407 e. The Morgan fingerprint density at radius 3 is 2.72 bits per heavy atom. The van der Waals surface area contributed by atoms with E-state index < -0.39 is 18.2 Å². The number of pyridine rings is 1. The van der Waals surface area contributed by atoms with Crippen LogP contribution in [0.15, 0.2) is 18.3 Å². The smallest absolute Gasteiger partial charge is 0.407 e. The van der Waals surface area contributed by atoms with E-state index in [0.29, 0.717) is 18.8 Å². The number of nitrogens with one attached hydrogen (secondary N) is 2. The first-order chi connectivity index (χ1) is 11.9. The van der Waals surface area contributed by atoms with Gasteiger partial charge < -0.3 is 15.4 Å². The fourth-order valence-electron chi connectivity index (χ4n) is 2.86. The van der Waals surface area contributed by atoms with Crippen molar-refractivity contribution in [3.8, 4) is 0 Å². The van der Waals surface area contributed by atoms with Gasteiger partial charge in [0, 0.05) is 19.2 Å². The van der Waals surface area contributed by atoms with E-state index in [1.54, 1.807) is 12.3 Å². The van der Waals surface area contributed by atoms with Crippen LogP contribution in [0, 0.1) is 5.92 Å². The molecule has 0 bridgehead atoms. The number of methoxy groups -OCH3 is 1. The van der Waals surface area contributed by atoms with Crippen molar-refractivity contribution in [2.45, 2.75) is 39.3 Å². The van der Waals surface area contributed by atoms with Gasteiger partial charge in [-0.15, -0.1) is 0 Å². The fraction of sp³-hybridized carbons (Fsp3) is 0.529. The Labute approximate surface area is 146 Å². The lowest BCUT2D eigenvalue weighted by Gasteiger charge is -2.30. The number of nitrogens with zero attached hydrogens (tertiary/aromatic N) is 2. The van der Waals surface area contributed by atoms with Gasteiger partial charge in [-0.05, 0) is 24.5 Å². The lowest BCUT2D eigenvalue weighted by molar-refractivity contribution is -0.127. The second-order valence-electron chi connectivity index (χ2n) is 6.17. The van der Waals surface area contributed by atoms with Crippen LogP contribution in [-0.4, -0.2) is 48.6 Å². The summed E-state index contributed by atoms with van der Waals surface area (Å²) in [6, 6.07) is 2.11. The van der Waals surface area contributed by atoms with E-state index >= 15 is 0 Å². The molecule has 0 saturated carbocycles. The molecule has 0 spiro atoms. The third-order valence-electron chi connectivity index (χ3n) is 4.10. The molecule has 3 amide bonds. The summed E-state index contributed by atoms with van der Waals surface area (Å²) in [5, 5.41) is 5.31. The Morgan fingerprint density at radius 1 is 1.40 bits per heavy atom. The summed E-state index contributed by atoms with van der Waals surface area (Å²) in [7, 11) is 1.24. The second kappa shape index (κ2) is 7.96. The van der Waals surface area contributed by atoms with E-state index in [0.717, 1.165) is 5.56 Å². The van der Waals surface area contributed by atoms with Crippen LogP contribution in [0.3, 0.4) is 0 Å². The molecule has 1 aliphatic heterocycles. The van der Waals surface area contributed by atoms with Crippen LogP contribution in [0.2, 0.25) is 0 Å². The zero-order valence-electron chi connectivity index (χ0n) is 14.9. The van der Waals surface area contributed by atoms with Crippen molar-refractivity contribution in [1.82, 2.24) is 15.6 Å². The normalized spacial score (nSPS) is 17.0. The molecule has 8 heteroatoms. The molecule has 2 heterocycles. The third-order valence-corrected chi connectivity index (χ3v) is 4.10. The maximum atomic E-state index is 13.2. The summed E-state index contributed by atoms with van der Waals surface area (Å²) >= 11 is 0. The molecule has 0 aromatic carbocycles. The van der Waals surface area contributed by atoms with Gasteiger partial charge >= 0.3 is 6.09 Å². The van der Waals surface area contributed by atoms with Crippen molar-refractivity contribution >= 4 is 23.7 Å². The molecular formula is C17H24N4O4. The lowest BCUT2D eigenvalue weighted by atomic mass is 10.0. The van der Waals surface area contributed by atoms with Crippen molar-refractivity contribution in [2.75, 3.05) is 18.6 Å². The number of anilines is 1. The summed E-state index contributed by atoms with van der Waals surface area (Å²) in [4.78, 5) is 42.9. The minimum atomic E-state index is -0.822. The molecule has 2 atom stereocenters. The number of likely N-dealkylation sites (N-methyl/N-ethyl adjacent to an activating group) is 1. The van der Waals surface area contributed by atoms with Gasteiger partial charge in [0.05, 0.1) is 7.11 Å². The predicted molar refractivity (Wildman–Crippen MR) is 92.1 cm³/mol. The van der Waals surface area contributed by atoms with E-state index in [2.05, 4.69) is 20.4 Å². The van der Waals surface area contributed by atoms with E-state index in [-0.39, 0.29) is 17.7 Å². The Balaban J connectivity index is 2.37. The van der Waals surface area contributed by atoms with Gasteiger partial charge in [-0.25, -0.2) is 9.78 Å². The molecule has 2 rings (SSSR count). The number of fused-ring (bicyclic) bond motifs is 1. The number of hydrogen-bond acceptors (Lipinski definition) is 5. The molecule has 1 aromatic rings. The van der Waals surface area contributed by atoms with Crippen molar-refractivity contribution in [3.05, 3.63) is 23.9 Å². The van der Waals surface area contributed by atoms with Gasteiger partial charge in [0.2, 0.25) is 5.91 Å². The van der Waals surface area contributed by atoms with Crippen LogP contribution >= 0.6 is 0 Å². The van der Waals surface area contributed by atoms with Crippen LogP contribution in [0.5, 0.6) is 0 Å². The summed E-state index contributed by atoms with van der Waals surface area (Å²) in [6.07, 6.45) is 1.28. The van der Waals surface area contributed by atoms with Gasteiger partial charge in [0.25, 0.3) is 5.91 Å². The largest absolute Gasteiger partial charge is 0.453 e. The van der Waals surface area contributed by atoms with E-state index in [4.69, 9.17) is 0 Å². The van der Waals surface area contributed by atoms with Crippen LogP contribution in [-0.2, 0) is 20.7 Å². The fourth-order valence-corrected chi connectivity index (χ4v) is 2.86. The SMILES string of the molecule is CCNC(=O)C1Cc2cccnc2N1C(=O)[C@@H](NC(=O)OC)C(C)C. The average Bonchev–Trinajstić information content (AvgIpc) is 2.98. The van der Waals surface area contributed by atoms with Crippen molar-refractivity contribution < 1.29 is 19.1 Å². The molecule has 1 unspecified atom stereocenters. The Hall–Kier alpha value is -2.64. The Bertz CT molecular complexity index is 662. The van der Waals surface area contributed by atoms with E-state index in [1.807, 2.05) is 26.8 Å². The molecule has 1 aliphatic rings. The van der Waals surface area contributed by atoms with Crippen molar-refractivity contribution in [2.24, 2.45) is 5.92 Å². The molecule has 136 valence electrons. The molecule has 8 nitrogen and oxygen atoms in total. The molecular weight excluding hydrogens is 324 g/mol. The minimum Gasteiger partial charge on any atom is -0.453 e. The van der Waals surface area contributed by atoms with E-state index in [9.17, 15) is 14.4 Å². The van der Waals surface area contributed by atoms with Crippen LogP contribution in [0.25, 0.3) is 0 Å². The molecule has 0 saturated heterocycles. The molecule has 0 aliphatic carbocycles. The number of alkyl carbamates (subject to hydrolysis) is 1. The average molecular weight is 348 g/mol. The van der Waals surface area contributed by atoms with Crippen LogP contribution in [0.1, 0.15) is 26.3 Å². The summed E-state index contributed by atoms with van der Waals surface area (Å²) in [6.45, 7) is 5.92. The Kier molecular flexibility index (Phi) is 5.95. The monoisotopic (exact) mass is 348 g/mol. The first kappa shape index (κ1) is 18.7. The summed E-state index contributed by atoms with van der Waals surface area (Å²) in [5.74, 6) is -0.348. The highest BCUT2D eigenvalue weighted by molar-refractivity contribution is 6.05. The minimum absolute atomic E-state index is 0.186. The number of carbonyl (C=O) groups is 3. The van der Waals surface area contributed by atoms with E-state index in [1.165, 1.54) is 12.0 Å². The summed E-state index contributed by atoms with van der Waals surface area (Å²) in [5.41, 5.74) is 0.827. The first-order valence-electron chi connectivity index (χ1n) is 8.29. The number of ether oxygens (including phenoxy) is 1. The van der Waals surface area contributed by atoms with Gasteiger partial charge in [-0.2, -0.15) is 0 Å². The molecule has 25 heavy (non-hydrogen) atoms. The number of hydrogen-bond donors (Lipinski definition) is 2. The topological polar surface area (TPSA) is 101 Å². The summed E-state index contributed by atoms with van der Waals surface area (Å²) < 4.78 is 4.61. The molecule has 2 N–H and O–H groups in total. The number of amides is 3. The van der Waals surface area contributed by atoms with Gasteiger partial charge in [0.1, 0.15) is 17.9 Å². The molecule has 1 aromatic heterocycles. The van der Waals surface area contributed by atoms with Crippen LogP contribution in [0.4, 0.5) is 10.6 Å². The molecule has 0 radical (unpaired) electrons. The van der Waals surface area contributed by atoms with Crippen molar-refractivity contribution in [1.29, 1.82) is 0 Å². The molecule has 0 fully saturated rings. The second-order valence-corrected chi connectivity index (χ2v) is 6.17. The maximum absolute atomic E-state index is 13.2. The number of rotatable bonds is 5. The lowest BCUT2D eigenvalue weighted by Crippen LogP contribution is -2.56. The standard InChI is InChI=1S/C17H24N4O4/c1-5-18-15(22)12-9-11-7-6-8-19-14(11)21(12)16(23)13(10(2)3)20-17(24)25-4/h6-8,10,12-13H,5,9H2,1-4H3,(H,18,22)(H,20,24)/t12?,13-/m0/s1. The Morgan fingerprint density at radius 2 is 2.12 bits per heavy atom. The highest BCUT2D eigenvalue weighted by atomic mass is 16.5. The van der Waals surface area contributed by atoms with Crippen LogP contribution < -0.4 is 15.5 Å². The highest BCUT2D eigenvalue weighted by Crippen LogP contribution is 2.31. The van der Waals surface area contributed by atoms with Crippen molar-refractivity contribution in [3.63, 3.8) is 0 Å². The zero-order chi connectivity index (χ0) is 18.6. The third kappa shape index (κ3) is 3.89. The number of aromatic nitrogens is 1. The van der Waals surface area contributed by atoms with Gasteiger partial charge in [-0.1, -0.05) is 19.9 Å². The number of carbonyl (C=O) groups excluding carboxylic acids is 3. The quantitative estimate of drug-likeness (QED) is 0.822. The van der Waals surface area contributed by atoms with Gasteiger partial charge in [0.15, 0.2) is 0 Å². The highest BCUT2D eigenvalue weighted by Gasteiger charge is 2.42. The first-order valence-corrected chi connectivity index (χ1v) is 8.29. The van der Waals surface area contributed by atoms with Gasteiger partial charge in [-0.3, -0.25) is 14.5 Å². The zero-order valence-corrected chi connectivity index (χ0v) is 14.9. The predicted octanol–water partition coefficient (Wildman–Crippen LogP) is 0.856.